The van der Waals surface area contributed by atoms with Gasteiger partial charge in [0.15, 0.2) is 17.5 Å². The first-order valence-corrected chi connectivity index (χ1v) is 10.2. The number of carbonyl (C=O) groups is 2. The van der Waals surface area contributed by atoms with Crippen LogP contribution in [-0.2, 0) is 10.5 Å². The summed E-state index contributed by atoms with van der Waals surface area (Å²) in [5.74, 6) is -5.24. The summed E-state index contributed by atoms with van der Waals surface area (Å²) < 4.78 is 39.8. The lowest BCUT2D eigenvalue weighted by molar-refractivity contribution is -0.115. The molecule has 2 amide bonds. The van der Waals surface area contributed by atoms with E-state index < -0.39 is 41.5 Å². The molecule has 0 aliphatic carbocycles. The Balaban J connectivity index is 1.59. The van der Waals surface area contributed by atoms with Crippen LogP contribution in [0.15, 0.2) is 52.2 Å². The molecular weight excluding hydrogens is 423 g/mol. The van der Waals surface area contributed by atoms with Gasteiger partial charge in [-0.05, 0) is 24.3 Å². The number of aromatic nitrogens is 1. The van der Waals surface area contributed by atoms with Gasteiger partial charge in [0.2, 0.25) is 5.91 Å². The summed E-state index contributed by atoms with van der Waals surface area (Å²) in [5, 5.41) is 6.44. The number of thioether (sulfide) groups is 1. The van der Waals surface area contributed by atoms with Crippen LogP contribution in [0.3, 0.4) is 0 Å². The maximum atomic E-state index is 13.6. The highest BCUT2D eigenvalue weighted by Gasteiger charge is 2.17. The number of benzene rings is 2. The molecular formula is C19H14F3N3O2S2. The summed E-state index contributed by atoms with van der Waals surface area (Å²) in [6.45, 7) is -0.470. The van der Waals surface area contributed by atoms with Crippen LogP contribution in [0, 0.1) is 17.5 Å². The van der Waals surface area contributed by atoms with Crippen LogP contribution in [0.4, 0.5) is 18.9 Å². The molecule has 0 unspecified atom stereocenters. The second kappa shape index (κ2) is 9.57. The van der Waals surface area contributed by atoms with Crippen LogP contribution < -0.4 is 10.6 Å². The smallest absolute Gasteiger partial charge is 0.252 e. The van der Waals surface area contributed by atoms with Crippen molar-refractivity contribution in [1.82, 2.24) is 10.3 Å². The third-order valence-corrected chi connectivity index (χ3v) is 5.45. The molecule has 0 aliphatic rings. The van der Waals surface area contributed by atoms with Crippen molar-refractivity contribution in [1.29, 1.82) is 0 Å². The number of halogens is 3. The number of nitrogens with one attached hydrogen (secondary N) is 2. The highest BCUT2D eigenvalue weighted by Crippen LogP contribution is 2.26. The van der Waals surface area contributed by atoms with Gasteiger partial charge in [-0.2, -0.15) is 0 Å². The fourth-order valence-electron chi connectivity index (χ4n) is 2.31. The van der Waals surface area contributed by atoms with Gasteiger partial charge in [-0.15, -0.1) is 23.1 Å². The Labute approximate surface area is 172 Å². The van der Waals surface area contributed by atoms with Crippen molar-refractivity contribution in [3.05, 3.63) is 76.0 Å². The number of hydrogen-bond acceptors (Lipinski definition) is 5. The Morgan fingerprint density at radius 1 is 1.07 bits per heavy atom. The van der Waals surface area contributed by atoms with Crippen LogP contribution in [0.1, 0.15) is 16.1 Å². The van der Waals surface area contributed by atoms with Crippen molar-refractivity contribution < 1.29 is 22.8 Å². The average molecular weight is 437 g/mol. The van der Waals surface area contributed by atoms with E-state index in [0.29, 0.717) is 22.3 Å². The minimum atomic E-state index is -1.68. The van der Waals surface area contributed by atoms with Crippen molar-refractivity contribution in [2.75, 3.05) is 11.9 Å². The highest BCUT2D eigenvalue weighted by atomic mass is 32.2. The van der Waals surface area contributed by atoms with Crippen molar-refractivity contribution in [2.45, 2.75) is 10.6 Å². The van der Waals surface area contributed by atoms with E-state index in [2.05, 4.69) is 15.6 Å². The normalized spacial score (nSPS) is 10.6. The number of anilines is 1. The average Bonchev–Trinajstić information content (AvgIpc) is 3.25. The summed E-state index contributed by atoms with van der Waals surface area (Å²) in [5.41, 5.74) is 2.48. The molecule has 150 valence electrons. The Morgan fingerprint density at radius 2 is 1.86 bits per heavy atom. The van der Waals surface area contributed by atoms with Crippen LogP contribution in [0.5, 0.6) is 0 Å². The quantitative estimate of drug-likeness (QED) is 0.429. The lowest BCUT2D eigenvalue weighted by Gasteiger charge is -2.10. The SMILES string of the molecule is O=C(CNC(=O)c1ccccc1SCc1cscn1)Nc1ccc(F)c(F)c1F. The summed E-state index contributed by atoms with van der Waals surface area (Å²) in [6.07, 6.45) is 0. The number of hydrogen-bond donors (Lipinski definition) is 2. The molecule has 2 aromatic carbocycles. The monoisotopic (exact) mass is 437 g/mol. The fourth-order valence-corrected chi connectivity index (χ4v) is 3.93. The molecule has 0 radical (unpaired) electrons. The van der Waals surface area contributed by atoms with E-state index in [9.17, 15) is 22.8 Å². The molecule has 2 N–H and O–H groups in total. The molecule has 0 atom stereocenters. The maximum absolute atomic E-state index is 13.6. The zero-order valence-corrected chi connectivity index (χ0v) is 16.4. The Morgan fingerprint density at radius 3 is 2.62 bits per heavy atom. The van der Waals surface area contributed by atoms with Crippen molar-refractivity contribution >= 4 is 40.6 Å². The summed E-state index contributed by atoms with van der Waals surface area (Å²) in [7, 11) is 0. The fraction of sp³-hybridized carbons (Fsp3) is 0.105. The van der Waals surface area contributed by atoms with Gasteiger partial charge in [0.1, 0.15) is 0 Å². The zero-order valence-electron chi connectivity index (χ0n) is 14.7. The summed E-state index contributed by atoms with van der Waals surface area (Å²) in [4.78, 5) is 29.3. The highest BCUT2D eigenvalue weighted by molar-refractivity contribution is 7.98. The number of rotatable bonds is 7. The first kappa shape index (κ1) is 20.9. The largest absolute Gasteiger partial charge is 0.343 e. The predicted molar refractivity (Wildman–Crippen MR) is 105 cm³/mol. The van der Waals surface area contributed by atoms with Gasteiger partial charge in [0.05, 0.1) is 29.0 Å². The lowest BCUT2D eigenvalue weighted by Crippen LogP contribution is -2.33. The molecule has 0 saturated carbocycles. The van der Waals surface area contributed by atoms with E-state index in [1.165, 1.54) is 23.1 Å². The van der Waals surface area contributed by atoms with Crippen LogP contribution in [0.25, 0.3) is 0 Å². The number of thiazole rings is 1. The Bertz CT molecular complexity index is 1030. The predicted octanol–water partition coefficient (Wildman–Crippen LogP) is 4.22. The van der Waals surface area contributed by atoms with Gasteiger partial charge >= 0.3 is 0 Å². The van der Waals surface area contributed by atoms with Crippen LogP contribution in [0.2, 0.25) is 0 Å². The second-order valence-corrected chi connectivity index (χ2v) is 7.45. The minimum absolute atomic E-state index is 0.375. The number of nitrogens with zero attached hydrogens (tertiary/aromatic N) is 1. The molecule has 10 heteroatoms. The molecule has 3 aromatic rings. The third kappa shape index (κ3) is 5.36. The van der Waals surface area contributed by atoms with Gasteiger partial charge in [-0.1, -0.05) is 12.1 Å². The topological polar surface area (TPSA) is 71.1 Å². The van der Waals surface area contributed by atoms with E-state index >= 15 is 0 Å². The van der Waals surface area contributed by atoms with Gasteiger partial charge in [0, 0.05) is 16.0 Å². The van der Waals surface area contributed by atoms with E-state index in [4.69, 9.17) is 0 Å². The molecule has 3 rings (SSSR count). The molecule has 0 fully saturated rings. The molecule has 1 heterocycles. The van der Waals surface area contributed by atoms with E-state index in [0.717, 1.165) is 11.8 Å². The summed E-state index contributed by atoms with van der Waals surface area (Å²) in [6, 6.07) is 8.48. The van der Waals surface area contributed by atoms with Gasteiger partial charge in [0.25, 0.3) is 5.91 Å². The van der Waals surface area contributed by atoms with Crippen LogP contribution >= 0.6 is 23.1 Å². The molecule has 0 bridgehead atoms. The molecule has 5 nitrogen and oxygen atoms in total. The summed E-state index contributed by atoms with van der Waals surface area (Å²) >= 11 is 2.91. The van der Waals surface area contributed by atoms with E-state index in [1.54, 1.807) is 29.8 Å². The lowest BCUT2D eigenvalue weighted by atomic mass is 10.2. The standard InChI is InChI=1S/C19H14F3N3O2S2/c20-13-5-6-14(18(22)17(13)21)25-16(26)7-23-19(27)12-3-1-2-4-15(12)29-9-11-8-28-10-24-11/h1-6,8,10H,7,9H2,(H,23,27)(H,25,26). The van der Waals surface area contributed by atoms with Crippen molar-refractivity contribution in [3.63, 3.8) is 0 Å². The van der Waals surface area contributed by atoms with Gasteiger partial charge < -0.3 is 10.6 Å². The zero-order chi connectivity index (χ0) is 20.8. The van der Waals surface area contributed by atoms with Gasteiger partial charge in [-0.25, -0.2) is 18.2 Å². The molecule has 0 saturated heterocycles. The molecule has 0 spiro atoms. The van der Waals surface area contributed by atoms with Gasteiger partial charge in [-0.3, -0.25) is 9.59 Å². The molecule has 29 heavy (non-hydrogen) atoms. The molecule has 1 aromatic heterocycles. The third-order valence-electron chi connectivity index (χ3n) is 3.71. The van der Waals surface area contributed by atoms with Crippen LogP contribution in [-0.4, -0.2) is 23.3 Å². The Hall–Kier alpha value is -2.85. The van der Waals surface area contributed by atoms with Crippen molar-refractivity contribution in [2.24, 2.45) is 0 Å². The van der Waals surface area contributed by atoms with E-state index in [-0.39, 0.29) is 0 Å². The Kier molecular flexibility index (Phi) is 6.89. The number of amides is 2. The van der Waals surface area contributed by atoms with E-state index in [1.807, 2.05) is 5.38 Å². The number of carbonyl (C=O) groups excluding carboxylic acids is 2. The second-order valence-electron chi connectivity index (χ2n) is 5.72. The molecule has 0 aliphatic heterocycles. The first-order valence-electron chi connectivity index (χ1n) is 8.26. The maximum Gasteiger partial charge on any atom is 0.252 e. The minimum Gasteiger partial charge on any atom is -0.343 e. The first-order chi connectivity index (χ1) is 14.0. The van der Waals surface area contributed by atoms with Crippen molar-refractivity contribution in [3.8, 4) is 0 Å².